The van der Waals surface area contributed by atoms with Crippen molar-refractivity contribution in [2.24, 2.45) is 0 Å². The molecule has 2 N–H and O–H groups in total. The zero-order valence-corrected chi connectivity index (χ0v) is 21.2. The van der Waals surface area contributed by atoms with E-state index in [1.54, 1.807) is 30.3 Å². The fourth-order valence-electron chi connectivity index (χ4n) is 4.83. The Morgan fingerprint density at radius 2 is 1.69 bits per heavy atom. The molecule has 3 saturated heterocycles. The number of carbonyl (C=O) groups is 5. The molecule has 3 aliphatic heterocycles. The van der Waals surface area contributed by atoms with Crippen molar-refractivity contribution in [2.45, 2.75) is 50.7 Å². The van der Waals surface area contributed by atoms with Gasteiger partial charge in [0.15, 0.2) is 0 Å². The predicted octanol–water partition coefficient (Wildman–Crippen LogP) is 1.34. The number of rotatable bonds is 7. The van der Waals surface area contributed by atoms with Gasteiger partial charge in [-0.1, -0.05) is 48.5 Å². The highest BCUT2D eigenvalue weighted by Gasteiger charge is 2.46. The highest BCUT2D eigenvalue weighted by atomic mass is 16.7. The largest absolute Gasteiger partial charge is 0.433 e. The van der Waals surface area contributed by atoms with Crippen molar-refractivity contribution in [2.75, 3.05) is 13.1 Å². The molecule has 2 unspecified atom stereocenters. The Morgan fingerprint density at radius 3 is 2.44 bits per heavy atom. The molecule has 12 heteroatoms. The summed E-state index contributed by atoms with van der Waals surface area (Å²) in [6.07, 6.45) is -0.319. The van der Waals surface area contributed by atoms with Crippen molar-refractivity contribution in [3.8, 4) is 0 Å². The smallest absolute Gasteiger partial charge is 0.358 e. The van der Waals surface area contributed by atoms with Gasteiger partial charge in [0.1, 0.15) is 12.1 Å². The lowest BCUT2D eigenvalue weighted by atomic mass is 10.1. The van der Waals surface area contributed by atoms with E-state index in [9.17, 15) is 24.0 Å². The first-order chi connectivity index (χ1) is 18.9. The first-order valence-electron chi connectivity index (χ1n) is 12.8. The average molecular weight is 536 g/mol. The molecular formula is C27H29N5O7. The quantitative estimate of drug-likeness (QED) is 0.511. The number of ether oxygens (including phenoxy) is 2. The minimum atomic E-state index is -1.03. The molecule has 3 heterocycles. The molecule has 5 rings (SSSR count). The van der Waals surface area contributed by atoms with Crippen molar-refractivity contribution in [3.63, 3.8) is 0 Å². The van der Waals surface area contributed by atoms with E-state index in [0.717, 1.165) is 15.6 Å². The van der Waals surface area contributed by atoms with E-state index in [-0.39, 0.29) is 38.4 Å². The minimum Gasteiger partial charge on any atom is -0.433 e. The van der Waals surface area contributed by atoms with Gasteiger partial charge in [0.2, 0.25) is 18.1 Å². The summed E-state index contributed by atoms with van der Waals surface area (Å²) in [5.41, 5.74) is 3.78. The second-order valence-corrected chi connectivity index (χ2v) is 9.48. The van der Waals surface area contributed by atoms with E-state index < -0.39 is 42.2 Å². The highest BCUT2D eigenvalue weighted by Crippen LogP contribution is 2.25. The third kappa shape index (κ3) is 5.85. The maximum atomic E-state index is 13.6. The van der Waals surface area contributed by atoms with Gasteiger partial charge >= 0.3 is 12.0 Å². The van der Waals surface area contributed by atoms with E-state index in [0.29, 0.717) is 18.4 Å². The third-order valence-electron chi connectivity index (χ3n) is 6.79. The zero-order chi connectivity index (χ0) is 27.4. The minimum absolute atomic E-state index is 0.0218. The predicted molar refractivity (Wildman–Crippen MR) is 135 cm³/mol. The number of nitrogens with zero attached hydrogens (tertiary/aromatic N) is 3. The summed E-state index contributed by atoms with van der Waals surface area (Å²) >= 11 is 0. The summed E-state index contributed by atoms with van der Waals surface area (Å²) in [6, 6.07) is 15.2. The SMILES string of the molecule is O=C1CC(NC(=O)[C@@H]2CCCN3C(=O)CCN(NC(=O)c4ccccc4)C(=O)N23)C(OCc2ccccc2)O1. The molecule has 2 aromatic rings. The van der Waals surface area contributed by atoms with Gasteiger partial charge in [0.25, 0.3) is 5.91 Å². The molecule has 2 aromatic carbocycles. The van der Waals surface area contributed by atoms with E-state index in [2.05, 4.69) is 10.7 Å². The van der Waals surface area contributed by atoms with Gasteiger partial charge in [0.05, 0.1) is 19.6 Å². The Bertz CT molecular complexity index is 1240. The van der Waals surface area contributed by atoms with Crippen molar-refractivity contribution >= 4 is 29.7 Å². The number of fused-ring (bicyclic) bond motifs is 1. The third-order valence-corrected chi connectivity index (χ3v) is 6.79. The van der Waals surface area contributed by atoms with Gasteiger partial charge in [-0.2, -0.15) is 0 Å². The van der Waals surface area contributed by atoms with Crippen LogP contribution in [0.15, 0.2) is 60.7 Å². The van der Waals surface area contributed by atoms with E-state index >= 15 is 0 Å². The van der Waals surface area contributed by atoms with Crippen LogP contribution in [0.5, 0.6) is 0 Å². The van der Waals surface area contributed by atoms with Crippen LogP contribution >= 0.6 is 0 Å². The maximum Gasteiger partial charge on any atom is 0.358 e. The van der Waals surface area contributed by atoms with Crippen molar-refractivity contribution in [1.82, 2.24) is 25.8 Å². The highest BCUT2D eigenvalue weighted by molar-refractivity contribution is 5.96. The molecule has 204 valence electrons. The molecule has 3 fully saturated rings. The normalized spacial score (nSPS) is 23.1. The lowest BCUT2D eigenvalue weighted by Crippen LogP contribution is -2.65. The number of amides is 5. The lowest BCUT2D eigenvalue weighted by molar-refractivity contribution is -0.169. The second-order valence-electron chi connectivity index (χ2n) is 9.48. The number of hydrogen-bond acceptors (Lipinski definition) is 7. The van der Waals surface area contributed by atoms with Crippen molar-refractivity contribution < 1.29 is 33.4 Å². The standard InChI is InChI=1S/C27H29N5O7/c33-22-13-15-30(29-24(35)19-10-5-2-6-11-19)27(37)32-21(12-7-14-31(22)32)25(36)28-20-16-23(34)39-26(20)38-17-18-8-3-1-4-9-18/h1-6,8-11,20-21,26H,7,12-17H2,(H,28,36)(H,29,35)/t20?,21-,26?/m0/s1. The van der Waals surface area contributed by atoms with Gasteiger partial charge in [-0.25, -0.2) is 19.8 Å². The number of hydrogen-bond donors (Lipinski definition) is 2. The average Bonchev–Trinajstić information content (AvgIpc) is 3.26. The molecule has 0 spiro atoms. The Kier molecular flexibility index (Phi) is 7.73. The molecule has 0 aromatic heterocycles. The Morgan fingerprint density at radius 1 is 0.974 bits per heavy atom. The first kappa shape index (κ1) is 26.2. The van der Waals surface area contributed by atoms with Crippen LogP contribution in [0.25, 0.3) is 0 Å². The molecule has 5 amide bonds. The zero-order valence-electron chi connectivity index (χ0n) is 21.2. The Hall–Kier alpha value is -4.45. The van der Waals surface area contributed by atoms with Gasteiger partial charge in [-0.05, 0) is 30.5 Å². The number of cyclic esters (lactones) is 1. The Balaban J connectivity index is 1.29. The van der Waals surface area contributed by atoms with Crippen LogP contribution in [-0.2, 0) is 30.5 Å². The van der Waals surface area contributed by atoms with E-state index in [4.69, 9.17) is 9.47 Å². The Labute approximate surface area is 224 Å². The van der Waals surface area contributed by atoms with Crippen LogP contribution in [0.2, 0.25) is 0 Å². The summed E-state index contributed by atoms with van der Waals surface area (Å²) in [7, 11) is 0. The molecule has 0 saturated carbocycles. The van der Waals surface area contributed by atoms with Gasteiger partial charge in [0, 0.05) is 18.5 Å². The number of benzene rings is 2. The summed E-state index contributed by atoms with van der Waals surface area (Å²) < 4.78 is 11.0. The van der Waals surface area contributed by atoms with Crippen molar-refractivity contribution in [3.05, 3.63) is 71.8 Å². The van der Waals surface area contributed by atoms with Crippen LogP contribution in [-0.4, -0.2) is 76.2 Å². The molecule has 0 radical (unpaired) electrons. The molecule has 3 aliphatic rings. The summed E-state index contributed by atoms with van der Waals surface area (Å²) in [6.45, 7) is 0.401. The number of nitrogens with one attached hydrogen (secondary N) is 2. The fraction of sp³-hybridized carbons (Fsp3) is 0.370. The summed E-state index contributed by atoms with van der Waals surface area (Å²) in [5, 5.41) is 6.23. The monoisotopic (exact) mass is 535 g/mol. The lowest BCUT2D eigenvalue weighted by Gasteiger charge is -2.43. The van der Waals surface area contributed by atoms with Crippen molar-refractivity contribution in [1.29, 1.82) is 0 Å². The molecule has 0 bridgehead atoms. The van der Waals surface area contributed by atoms with E-state index in [1.165, 1.54) is 5.01 Å². The van der Waals surface area contributed by atoms with Crippen LogP contribution < -0.4 is 10.7 Å². The number of hydrazine groups is 2. The molecule has 39 heavy (non-hydrogen) atoms. The summed E-state index contributed by atoms with van der Waals surface area (Å²) in [5.74, 6) is -1.91. The fourth-order valence-corrected chi connectivity index (χ4v) is 4.83. The van der Waals surface area contributed by atoms with Crippen LogP contribution in [0, 0.1) is 0 Å². The van der Waals surface area contributed by atoms with E-state index in [1.807, 2.05) is 30.3 Å². The molecule has 3 atom stereocenters. The maximum absolute atomic E-state index is 13.6. The number of esters is 1. The first-order valence-corrected chi connectivity index (χ1v) is 12.8. The molecule has 0 aliphatic carbocycles. The van der Waals surface area contributed by atoms with Gasteiger partial charge < -0.3 is 14.8 Å². The molecule has 12 nitrogen and oxygen atoms in total. The number of urea groups is 1. The summed E-state index contributed by atoms with van der Waals surface area (Å²) in [4.78, 5) is 64.7. The second kappa shape index (κ2) is 11.5. The topological polar surface area (TPSA) is 138 Å². The molecular weight excluding hydrogens is 506 g/mol. The number of carbonyl (C=O) groups excluding carboxylic acids is 5. The van der Waals surface area contributed by atoms with Crippen LogP contribution in [0.4, 0.5) is 4.79 Å². The van der Waals surface area contributed by atoms with Gasteiger partial charge in [-0.3, -0.25) is 24.6 Å². The van der Waals surface area contributed by atoms with Crippen LogP contribution in [0.3, 0.4) is 0 Å². The van der Waals surface area contributed by atoms with Gasteiger partial charge in [-0.15, -0.1) is 0 Å². The van der Waals surface area contributed by atoms with Crippen LogP contribution in [0.1, 0.15) is 41.6 Å².